The van der Waals surface area contributed by atoms with Gasteiger partial charge in [0, 0.05) is 24.7 Å². The van der Waals surface area contributed by atoms with E-state index < -0.39 is 0 Å². The lowest BCUT2D eigenvalue weighted by molar-refractivity contribution is -0.116. The number of carbonyl (C=O) groups is 1. The normalized spacial score (nSPS) is 17.4. The monoisotopic (exact) mass is 295 g/mol. The average Bonchev–Trinajstić information content (AvgIpc) is 3.09. The summed E-state index contributed by atoms with van der Waals surface area (Å²) in [6.45, 7) is 0.971. The predicted molar refractivity (Wildman–Crippen MR) is 88.3 cm³/mol. The number of benzene rings is 2. The van der Waals surface area contributed by atoms with Gasteiger partial charge >= 0.3 is 0 Å². The van der Waals surface area contributed by atoms with Gasteiger partial charge in [0.25, 0.3) is 0 Å². The Morgan fingerprint density at radius 1 is 1.14 bits per heavy atom. The fourth-order valence-electron chi connectivity index (χ4n) is 2.69. The maximum Gasteiger partial charge on any atom is 0.224 e. The van der Waals surface area contributed by atoms with E-state index >= 15 is 0 Å². The number of aryl methyl sites for hydroxylation is 1. The van der Waals surface area contributed by atoms with Crippen LogP contribution in [-0.4, -0.2) is 12.5 Å². The molecule has 0 radical (unpaired) electrons. The van der Waals surface area contributed by atoms with Gasteiger partial charge in [0.05, 0.1) is 0 Å². The summed E-state index contributed by atoms with van der Waals surface area (Å²) in [5.74, 6) is 0.0542. The van der Waals surface area contributed by atoms with Crippen LogP contribution in [0.4, 0.5) is 5.69 Å². The zero-order valence-electron chi connectivity index (χ0n) is 12.5. The molecule has 4 heteroatoms. The van der Waals surface area contributed by atoms with E-state index in [1.807, 2.05) is 48.5 Å². The second-order valence-electron chi connectivity index (χ2n) is 5.57. The summed E-state index contributed by atoms with van der Waals surface area (Å²) in [4.78, 5) is 12.1. The van der Waals surface area contributed by atoms with E-state index in [1.165, 1.54) is 11.1 Å². The Kier molecular flexibility index (Phi) is 4.83. The fourth-order valence-corrected chi connectivity index (χ4v) is 2.69. The number of hydrazine groups is 1. The molecule has 22 heavy (non-hydrogen) atoms. The number of amides is 1. The summed E-state index contributed by atoms with van der Waals surface area (Å²) in [5, 5.41) is 2.99. The molecule has 0 aromatic heterocycles. The smallest absolute Gasteiger partial charge is 0.224 e. The van der Waals surface area contributed by atoms with Gasteiger partial charge in [0.2, 0.25) is 5.91 Å². The van der Waals surface area contributed by atoms with Crippen molar-refractivity contribution in [1.82, 2.24) is 10.9 Å². The van der Waals surface area contributed by atoms with Gasteiger partial charge in [0.15, 0.2) is 0 Å². The minimum Gasteiger partial charge on any atom is -0.326 e. The van der Waals surface area contributed by atoms with Crippen molar-refractivity contribution in [3.63, 3.8) is 0 Å². The molecular weight excluding hydrogens is 274 g/mol. The quantitative estimate of drug-likeness (QED) is 0.795. The molecule has 0 bridgehead atoms. The van der Waals surface area contributed by atoms with Gasteiger partial charge in [-0.25, -0.2) is 0 Å². The number of hydrogen-bond acceptors (Lipinski definition) is 3. The number of carbonyl (C=O) groups excluding carboxylic acids is 1. The molecule has 0 aliphatic carbocycles. The topological polar surface area (TPSA) is 53.2 Å². The van der Waals surface area contributed by atoms with Crippen LogP contribution in [0.1, 0.15) is 30.0 Å². The molecule has 3 N–H and O–H groups in total. The molecule has 0 spiro atoms. The molecule has 114 valence electrons. The maximum absolute atomic E-state index is 12.1. The van der Waals surface area contributed by atoms with E-state index in [2.05, 4.69) is 22.2 Å². The number of anilines is 1. The van der Waals surface area contributed by atoms with Crippen molar-refractivity contribution in [2.24, 2.45) is 0 Å². The van der Waals surface area contributed by atoms with Crippen molar-refractivity contribution in [1.29, 1.82) is 0 Å². The highest BCUT2D eigenvalue weighted by molar-refractivity contribution is 5.90. The van der Waals surface area contributed by atoms with Crippen LogP contribution in [0.2, 0.25) is 0 Å². The molecule has 2 aromatic rings. The zero-order chi connectivity index (χ0) is 15.2. The third-order valence-corrected chi connectivity index (χ3v) is 3.89. The molecule has 1 saturated heterocycles. The summed E-state index contributed by atoms with van der Waals surface area (Å²) in [6, 6.07) is 18.5. The summed E-state index contributed by atoms with van der Waals surface area (Å²) in [5.41, 5.74) is 9.62. The molecule has 0 saturated carbocycles. The summed E-state index contributed by atoms with van der Waals surface area (Å²) in [7, 11) is 0. The lowest BCUT2D eigenvalue weighted by atomic mass is 10.0. The third kappa shape index (κ3) is 3.93. The Morgan fingerprint density at radius 3 is 2.77 bits per heavy atom. The van der Waals surface area contributed by atoms with Crippen molar-refractivity contribution < 1.29 is 4.79 Å². The lowest BCUT2D eigenvalue weighted by Gasteiger charge is -2.12. The standard InChI is InChI=1S/C18H21N3O/c22-18(10-9-14-5-2-1-3-6-14)20-16-8-4-7-15(13-16)17-11-12-19-21-17/h1-8,13,17,19,21H,9-12H2,(H,20,22). The molecule has 1 aliphatic rings. The minimum atomic E-state index is 0.0542. The highest BCUT2D eigenvalue weighted by atomic mass is 16.1. The molecule has 2 aromatic carbocycles. The van der Waals surface area contributed by atoms with Crippen LogP contribution in [0.25, 0.3) is 0 Å². The molecule has 3 rings (SSSR count). The van der Waals surface area contributed by atoms with Crippen LogP contribution in [-0.2, 0) is 11.2 Å². The lowest BCUT2D eigenvalue weighted by Crippen LogP contribution is -2.24. The van der Waals surface area contributed by atoms with Crippen LogP contribution < -0.4 is 16.2 Å². The predicted octanol–water partition coefficient (Wildman–Crippen LogP) is 2.80. The van der Waals surface area contributed by atoms with E-state index in [0.717, 1.165) is 25.1 Å². The average molecular weight is 295 g/mol. The first-order valence-corrected chi connectivity index (χ1v) is 7.73. The Bertz CT molecular complexity index is 621. The molecule has 1 amide bonds. The van der Waals surface area contributed by atoms with E-state index in [4.69, 9.17) is 0 Å². The van der Waals surface area contributed by atoms with E-state index in [1.54, 1.807) is 0 Å². The van der Waals surface area contributed by atoms with Crippen LogP contribution in [0, 0.1) is 0 Å². The van der Waals surface area contributed by atoms with Crippen molar-refractivity contribution in [2.75, 3.05) is 11.9 Å². The molecule has 1 unspecified atom stereocenters. The highest BCUT2D eigenvalue weighted by Crippen LogP contribution is 2.22. The van der Waals surface area contributed by atoms with Crippen molar-refractivity contribution in [3.05, 3.63) is 65.7 Å². The Morgan fingerprint density at radius 2 is 2.00 bits per heavy atom. The molecule has 4 nitrogen and oxygen atoms in total. The number of rotatable bonds is 5. The van der Waals surface area contributed by atoms with Gasteiger partial charge in [-0.2, -0.15) is 0 Å². The van der Waals surface area contributed by atoms with Gasteiger partial charge in [-0.05, 0) is 36.1 Å². The van der Waals surface area contributed by atoms with E-state index in [-0.39, 0.29) is 5.91 Å². The SMILES string of the molecule is O=C(CCc1ccccc1)Nc1cccc(C2CCNN2)c1. The van der Waals surface area contributed by atoms with E-state index in [9.17, 15) is 4.79 Å². The Balaban J connectivity index is 1.56. The van der Waals surface area contributed by atoms with Gasteiger partial charge in [0.1, 0.15) is 0 Å². The summed E-state index contributed by atoms with van der Waals surface area (Å²) >= 11 is 0. The van der Waals surface area contributed by atoms with Crippen molar-refractivity contribution >= 4 is 11.6 Å². The zero-order valence-corrected chi connectivity index (χ0v) is 12.5. The van der Waals surface area contributed by atoms with Gasteiger partial charge in [-0.3, -0.25) is 15.6 Å². The second kappa shape index (κ2) is 7.20. The van der Waals surface area contributed by atoms with Gasteiger partial charge < -0.3 is 5.32 Å². The fraction of sp³-hybridized carbons (Fsp3) is 0.278. The molecule has 1 fully saturated rings. The van der Waals surface area contributed by atoms with E-state index in [0.29, 0.717) is 12.5 Å². The van der Waals surface area contributed by atoms with Gasteiger partial charge in [-0.1, -0.05) is 42.5 Å². The molecule has 1 heterocycles. The van der Waals surface area contributed by atoms with Crippen molar-refractivity contribution in [2.45, 2.75) is 25.3 Å². The van der Waals surface area contributed by atoms with Crippen LogP contribution in [0.15, 0.2) is 54.6 Å². The first-order valence-electron chi connectivity index (χ1n) is 7.73. The van der Waals surface area contributed by atoms with Crippen LogP contribution in [0.3, 0.4) is 0 Å². The molecule has 1 aliphatic heterocycles. The highest BCUT2D eigenvalue weighted by Gasteiger charge is 2.16. The van der Waals surface area contributed by atoms with Crippen LogP contribution in [0.5, 0.6) is 0 Å². The molecular formula is C18H21N3O. The van der Waals surface area contributed by atoms with Crippen molar-refractivity contribution in [3.8, 4) is 0 Å². The van der Waals surface area contributed by atoms with Crippen LogP contribution >= 0.6 is 0 Å². The largest absolute Gasteiger partial charge is 0.326 e. The van der Waals surface area contributed by atoms with Gasteiger partial charge in [-0.15, -0.1) is 0 Å². The number of nitrogens with one attached hydrogen (secondary N) is 3. The Hall–Kier alpha value is -2.17. The summed E-state index contributed by atoms with van der Waals surface area (Å²) in [6.07, 6.45) is 2.32. The summed E-state index contributed by atoms with van der Waals surface area (Å²) < 4.78 is 0. The maximum atomic E-state index is 12.1. The Labute approximate surface area is 130 Å². The number of hydrogen-bond donors (Lipinski definition) is 3. The first kappa shape index (κ1) is 14.8. The third-order valence-electron chi connectivity index (χ3n) is 3.89. The minimum absolute atomic E-state index is 0.0542. The first-order chi connectivity index (χ1) is 10.8. The molecule has 1 atom stereocenters. The second-order valence-corrected chi connectivity index (χ2v) is 5.57.